The summed E-state index contributed by atoms with van der Waals surface area (Å²) < 4.78 is 0. The first kappa shape index (κ1) is 13.7. The molecule has 19 heavy (non-hydrogen) atoms. The Bertz CT molecular complexity index is 397. The Balaban J connectivity index is 1.92. The number of thioether (sulfide) groups is 1. The van der Waals surface area contributed by atoms with Gasteiger partial charge in [0.1, 0.15) is 0 Å². The van der Waals surface area contributed by atoms with Gasteiger partial charge < -0.3 is 10.2 Å². The summed E-state index contributed by atoms with van der Waals surface area (Å²) in [6.07, 6.45) is 4.77. The summed E-state index contributed by atoms with van der Waals surface area (Å²) in [6, 6.07) is 0. The second-order valence-corrected chi connectivity index (χ2v) is 8.38. The number of hydrogen-bond acceptors (Lipinski definition) is 3. The molecule has 2 aliphatic carbocycles. The van der Waals surface area contributed by atoms with Gasteiger partial charge in [-0.15, -0.1) is 0 Å². The largest absolute Gasteiger partial charge is 0.479 e. The third-order valence-electron chi connectivity index (χ3n) is 6.04. The predicted octanol–water partition coefficient (Wildman–Crippen LogP) is 2.77. The quantitative estimate of drug-likeness (QED) is 0.818. The molecule has 1 unspecified atom stereocenters. The lowest BCUT2D eigenvalue weighted by atomic mass is 9.71. The van der Waals surface area contributed by atoms with Crippen molar-refractivity contribution in [2.75, 3.05) is 5.75 Å². The number of carboxylic acid groups (broad SMARTS) is 1. The Morgan fingerprint density at radius 3 is 2.68 bits per heavy atom. The first-order chi connectivity index (χ1) is 8.89. The van der Waals surface area contributed by atoms with Crippen LogP contribution >= 0.6 is 11.8 Å². The van der Waals surface area contributed by atoms with E-state index in [4.69, 9.17) is 0 Å². The van der Waals surface area contributed by atoms with Gasteiger partial charge in [-0.1, -0.05) is 13.8 Å². The Morgan fingerprint density at radius 2 is 2.05 bits per heavy atom. The van der Waals surface area contributed by atoms with Crippen molar-refractivity contribution in [3.8, 4) is 0 Å². The Kier molecular flexibility index (Phi) is 3.17. The second kappa shape index (κ2) is 4.39. The summed E-state index contributed by atoms with van der Waals surface area (Å²) in [5, 5.41) is 19.9. The van der Waals surface area contributed by atoms with Crippen LogP contribution in [0, 0.1) is 23.2 Å². The van der Waals surface area contributed by atoms with Crippen LogP contribution in [0.4, 0.5) is 0 Å². The SMILES string of the molecule is CC(C)C1CC[C@]23CS[C@H](C2)[C@@](O)(C(=O)O)CC[C@@H]13. The number of hydrogen-bond donors (Lipinski definition) is 2. The van der Waals surface area contributed by atoms with E-state index in [0.29, 0.717) is 23.7 Å². The third-order valence-corrected chi connectivity index (χ3v) is 7.74. The van der Waals surface area contributed by atoms with E-state index < -0.39 is 11.6 Å². The van der Waals surface area contributed by atoms with Gasteiger partial charge in [0.05, 0.1) is 0 Å². The molecular formula is C15H24O3S. The molecule has 2 saturated carbocycles. The first-order valence-corrected chi connectivity index (χ1v) is 8.51. The van der Waals surface area contributed by atoms with Gasteiger partial charge >= 0.3 is 5.97 Å². The fourth-order valence-corrected chi connectivity index (χ4v) is 6.84. The molecule has 0 amide bonds. The molecule has 3 fully saturated rings. The minimum atomic E-state index is -1.49. The number of rotatable bonds is 2. The number of carboxylic acids is 1. The molecule has 108 valence electrons. The highest BCUT2D eigenvalue weighted by Crippen LogP contribution is 2.63. The molecule has 2 N–H and O–H groups in total. The Hall–Kier alpha value is -0.220. The highest BCUT2D eigenvalue weighted by atomic mass is 32.2. The number of aliphatic carboxylic acids is 1. The average Bonchev–Trinajstić information content (AvgIpc) is 2.89. The van der Waals surface area contributed by atoms with E-state index in [1.165, 1.54) is 12.8 Å². The van der Waals surface area contributed by atoms with E-state index in [2.05, 4.69) is 13.8 Å². The Labute approximate surface area is 119 Å². The van der Waals surface area contributed by atoms with Gasteiger partial charge in [-0.25, -0.2) is 4.79 Å². The van der Waals surface area contributed by atoms with Gasteiger partial charge in [0.15, 0.2) is 5.60 Å². The van der Waals surface area contributed by atoms with Crippen molar-refractivity contribution in [3.63, 3.8) is 0 Å². The monoisotopic (exact) mass is 284 g/mol. The third kappa shape index (κ3) is 1.86. The molecule has 3 nitrogen and oxygen atoms in total. The van der Waals surface area contributed by atoms with E-state index in [0.717, 1.165) is 24.5 Å². The van der Waals surface area contributed by atoms with Crippen molar-refractivity contribution in [1.82, 2.24) is 0 Å². The first-order valence-electron chi connectivity index (χ1n) is 7.46. The molecule has 1 spiro atoms. The maximum atomic E-state index is 11.5. The zero-order valence-corrected chi connectivity index (χ0v) is 12.6. The second-order valence-electron chi connectivity index (χ2n) is 7.19. The van der Waals surface area contributed by atoms with Gasteiger partial charge in [-0.05, 0) is 61.0 Å². The lowest BCUT2D eigenvalue weighted by Crippen LogP contribution is -2.46. The maximum absolute atomic E-state index is 11.5. The summed E-state index contributed by atoms with van der Waals surface area (Å²) in [4.78, 5) is 11.5. The van der Waals surface area contributed by atoms with Crippen molar-refractivity contribution in [2.24, 2.45) is 23.2 Å². The molecule has 1 saturated heterocycles. The minimum Gasteiger partial charge on any atom is -0.479 e. The zero-order valence-electron chi connectivity index (χ0n) is 11.8. The van der Waals surface area contributed by atoms with Crippen molar-refractivity contribution < 1.29 is 15.0 Å². The molecule has 0 radical (unpaired) electrons. The van der Waals surface area contributed by atoms with Gasteiger partial charge in [-0.3, -0.25) is 0 Å². The van der Waals surface area contributed by atoms with Crippen LogP contribution in [-0.2, 0) is 4.79 Å². The summed E-state index contributed by atoms with van der Waals surface area (Å²) in [6.45, 7) is 4.58. The highest BCUT2D eigenvalue weighted by molar-refractivity contribution is 8.00. The average molecular weight is 284 g/mol. The van der Waals surface area contributed by atoms with Crippen LogP contribution in [0.5, 0.6) is 0 Å². The van der Waals surface area contributed by atoms with Crippen LogP contribution in [0.1, 0.15) is 46.0 Å². The van der Waals surface area contributed by atoms with Crippen LogP contribution in [0.3, 0.4) is 0 Å². The van der Waals surface area contributed by atoms with Crippen LogP contribution in [0.2, 0.25) is 0 Å². The lowest BCUT2D eigenvalue weighted by molar-refractivity contribution is -0.159. The normalized spacial score (nSPS) is 49.2. The van der Waals surface area contributed by atoms with Crippen molar-refractivity contribution >= 4 is 17.7 Å². The molecule has 0 aromatic heterocycles. The summed E-state index contributed by atoms with van der Waals surface area (Å²) in [5.74, 6) is 2.06. The molecule has 0 aromatic rings. The van der Waals surface area contributed by atoms with Crippen molar-refractivity contribution in [3.05, 3.63) is 0 Å². The van der Waals surface area contributed by atoms with Crippen molar-refractivity contribution in [2.45, 2.75) is 56.8 Å². The molecule has 3 rings (SSSR count). The molecule has 5 atom stereocenters. The molecular weight excluding hydrogens is 260 g/mol. The number of aliphatic hydroxyl groups is 1. The summed E-state index contributed by atoms with van der Waals surface area (Å²) >= 11 is 1.71. The topological polar surface area (TPSA) is 57.5 Å². The fourth-order valence-electron chi connectivity index (χ4n) is 4.89. The summed E-state index contributed by atoms with van der Waals surface area (Å²) in [7, 11) is 0. The molecule has 2 bridgehead atoms. The number of carbonyl (C=O) groups is 1. The van der Waals surface area contributed by atoms with Crippen molar-refractivity contribution in [1.29, 1.82) is 0 Å². The van der Waals surface area contributed by atoms with E-state index >= 15 is 0 Å². The predicted molar refractivity (Wildman–Crippen MR) is 76.2 cm³/mol. The standard InChI is InChI=1S/C15H24O3S/c1-9(2)10-3-5-14-7-12(19-8-14)15(18,13(16)17)6-4-11(10)14/h9-12,18H,3-8H2,1-2H3,(H,16,17)/t10?,11-,12+,14+,15+/m0/s1. The molecule has 4 heteroatoms. The maximum Gasteiger partial charge on any atom is 0.336 e. The van der Waals surface area contributed by atoms with Crippen LogP contribution in [0.15, 0.2) is 0 Å². The van der Waals surface area contributed by atoms with Crippen LogP contribution in [-0.4, -0.2) is 32.8 Å². The summed E-state index contributed by atoms with van der Waals surface area (Å²) in [5.41, 5.74) is -1.16. The highest BCUT2D eigenvalue weighted by Gasteiger charge is 2.61. The van der Waals surface area contributed by atoms with Gasteiger partial charge in [0.25, 0.3) is 0 Å². The van der Waals surface area contributed by atoms with Gasteiger partial charge in [0.2, 0.25) is 0 Å². The van der Waals surface area contributed by atoms with Crippen LogP contribution < -0.4 is 0 Å². The van der Waals surface area contributed by atoms with Gasteiger partial charge in [-0.2, -0.15) is 11.8 Å². The number of fused-ring (bicyclic) bond motifs is 1. The molecule has 1 aliphatic heterocycles. The smallest absolute Gasteiger partial charge is 0.336 e. The minimum absolute atomic E-state index is 0.0964. The Morgan fingerprint density at radius 1 is 1.32 bits per heavy atom. The molecule has 0 aromatic carbocycles. The van der Waals surface area contributed by atoms with E-state index in [-0.39, 0.29) is 5.25 Å². The van der Waals surface area contributed by atoms with Gasteiger partial charge in [0, 0.05) is 5.25 Å². The van der Waals surface area contributed by atoms with Crippen LogP contribution in [0.25, 0.3) is 0 Å². The zero-order chi connectivity index (χ0) is 13.8. The van der Waals surface area contributed by atoms with E-state index in [9.17, 15) is 15.0 Å². The fraction of sp³-hybridized carbons (Fsp3) is 0.933. The van der Waals surface area contributed by atoms with E-state index in [1.807, 2.05) is 0 Å². The molecule has 1 heterocycles. The molecule has 3 aliphatic rings. The lowest BCUT2D eigenvalue weighted by Gasteiger charge is -2.34. The van der Waals surface area contributed by atoms with E-state index in [1.54, 1.807) is 11.8 Å².